The quantitative estimate of drug-likeness (QED) is 0.636. The molecule has 2 aliphatic rings. The summed E-state index contributed by atoms with van der Waals surface area (Å²) in [6.07, 6.45) is 7.48. The van der Waals surface area contributed by atoms with Crippen LogP contribution in [0.2, 0.25) is 0 Å². The van der Waals surface area contributed by atoms with Crippen LogP contribution in [0.5, 0.6) is 0 Å². The fourth-order valence-electron chi connectivity index (χ4n) is 3.75. The molecule has 1 nitrogen and oxygen atoms in total. The van der Waals surface area contributed by atoms with Gasteiger partial charge in [0, 0.05) is 0 Å². The first-order chi connectivity index (χ1) is 6.48. The molecule has 80 valence electrons. The predicted molar refractivity (Wildman–Crippen MR) is 59.0 cm³/mol. The third-order valence-corrected chi connectivity index (χ3v) is 4.48. The van der Waals surface area contributed by atoms with Crippen molar-refractivity contribution in [2.24, 2.45) is 16.7 Å². The molecule has 0 aliphatic heterocycles. The lowest BCUT2D eigenvalue weighted by Crippen LogP contribution is -2.38. The second kappa shape index (κ2) is 3.10. The number of hydrogen-bond acceptors (Lipinski definition) is 1. The van der Waals surface area contributed by atoms with Gasteiger partial charge in [0.15, 0.2) is 0 Å². The molecule has 0 aromatic carbocycles. The van der Waals surface area contributed by atoms with Gasteiger partial charge in [-0.1, -0.05) is 33.3 Å². The van der Waals surface area contributed by atoms with Crippen LogP contribution in [0.15, 0.2) is 11.6 Å². The Bertz CT molecular complexity index is 264. The first-order valence-corrected chi connectivity index (χ1v) is 5.79. The molecule has 1 heteroatoms. The molecule has 1 saturated carbocycles. The minimum Gasteiger partial charge on any atom is -0.392 e. The smallest absolute Gasteiger partial charge is 0.0642 e. The maximum Gasteiger partial charge on any atom is 0.0642 e. The summed E-state index contributed by atoms with van der Waals surface area (Å²) in [6, 6.07) is 0. The van der Waals surface area contributed by atoms with E-state index in [1.54, 1.807) is 0 Å². The maximum atomic E-state index is 9.23. The van der Waals surface area contributed by atoms with Gasteiger partial charge < -0.3 is 5.11 Å². The van der Waals surface area contributed by atoms with E-state index in [0.29, 0.717) is 10.8 Å². The number of rotatable bonds is 1. The predicted octanol–water partition coefficient (Wildman–Crippen LogP) is 3.14. The van der Waals surface area contributed by atoms with Crippen molar-refractivity contribution in [2.45, 2.75) is 46.5 Å². The number of aliphatic hydroxyl groups is 1. The van der Waals surface area contributed by atoms with Crippen LogP contribution in [-0.2, 0) is 0 Å². The van der Waals surface area contributed by atoms with Gasteiger partial charge in [-0.15, -0.1) is 0 Å². The van der Waals surface area contributed by atoms with E-state index in [-0.39, 0.29) is 6.61 Å². The molecule has 0 bridgehead atoms. The molecule has 0 radical (unpaired) electrons. The van der Waals surface area contributed by atoms with Crippen LogP contribution < -0.4 is 0 Å². The second-order valence-electron chi connectivity index (χ2n) is 6.07. The normalized spacial score (nSPS) is 40.6. The molecule has 0 heterocycles. The average molecular weight is 194 g/mol. The molecule has 0 unspecified atom stereocenters. The monoisotopic (exact) mass is 194 g/mol. The van der Waals surface area contributed by atoms with Crippen LogP contribution in [0.25, 0.3) is 0 Å². The van der Waals surface area contributed by atoms with Crippen molar-refractivity contribution >= 4 is 0 Å². The van der Waals surface area contributed by atoms with Crippen molar-refractivity contribution < 1.29 is 5.11 Å². The van der Waals surface area contributed by atoms with E-state index < -0.39 is 0 Å². The van der Waals surface area contributed by atoms with Gasteiger partial charge in [-0.25, -0.2) is 0 Å². The molecule has 0 aromatic heterocycles. The van der Waals surface area contributed by atoms with Gasteiger partial charge >= 0.3 is 0 Å². The van der Waals surface area contributed by atoms with Gasteiger partial charge in [-0.05, 0) is 41.6 Å². The minimum absolute atomic E-state index is 0.266. The highest BCUT2D eigenvalue weighted by molar-refractivity contribution is 5.22. The van der Waals surface area contributed by atoms with E-state index in [1.807, 2.05) is 0 Å². The molecule has 14 heavy (non-hydrogen) atoms. The molecule has 0 aromatic rings. The van der Waals surface area contributed by atoms with Crippen LogP contribution in [0.1, 0.15) is 46.5 Å². The highest BCUT2D eigenvalue weighted by atomic mass is 16.3. The standard InChI is InChI=1S/C13H22O/c1-12(2)5-4-6-13(3)8-10(9-14)7-11(12)13/h8,11,14H,4-7,9H2,1-3H3/t11-,13-/m1/s1. The van der Waals surface area contributed by atoms with Gasteiger partial charge in [-0.3, -0.25) is 0 Å². The Morgan fingerprint density at radius 3 is 2.64 bits per heavy atom. The summed E-state index contributed by atoms with van der Waals surface area (Å²) in [7, 11) is 0. The average Bonchev–Trinajstić information content (AvgIpc) is 2.43. The van der Waals surface area contributed by atoms with E-state index in [0.717, 1.165) is 12.3 Å². The summed E-state index contributed by atoms with van der Waals surface area (Å²) in [5, 5.41) is 9.23. The molecular formula is C13H22O. The Labute approximate surface area is 87.2 Å². The summed E-state index contributed by atoms with van der Waals surface area (Å²) < 4.78 is 0. The van der Waals surface area contributed by atoms with Gasteiger partial charge in [0.2, 0.25) is 0 Å². The second-order valence-corrected chi connectivity index (χ2v) is 6.07. The number of allylic oxidation sites excluding steroid dienone is 1. The van der Waals surface area contributed by atoms with Gasteiger partial charge in [0.05, 0.1) is 6.61 Å². The van der Waals surface area contributed by atoms with Crippen molar-refractivity contribution in [3.8, 4) is 0 Å². The minimum atomic E-state index is 0.266. The lowest BCUT2D eigenvalue weighted by atomic mass is 9.58. The van der Waals surface area contributed by atoms with Gasteiger partial charge in [-0.2, -0.15) is 0 Å². The molecule has 2 aliphatic carbocycles. The third-order valence-electron chi connectivity index (χ3n) is 4.48. The van der Waals surface area contributed by atoms with E-state index in [2.05, 4.69) is 26.8 Å². The largest absolute Gasteiger partial charge is 0.392 e. The molecule has 2 rings (SSSR count). The summed E-state index contributed by atoms with van der Waals surface area (Å²) in [4.78, 5) is 0. The fourth-order valence-corrected chi connectivity index (χ4v) is 3.75. The summed E-state index contributed by atoms with van der Waals surface area (Å²) in [5.74, 6) is 0.755. The Balaban J connectivity index is 2.27. The van der Waals surface area contributed by atoms with Crippen molar-refractivity contribution in [1.82, 2.24) is 0 Å². The first-order valence-electron chi connectivity index (χ1n) is 5.79. The van der Waals surface area contributed by atoms with Crippen LogP contribution >= 0.6 is 0 Å². The maximum absolute atomic E-state index is 9.23. The number of aliphatic hydroxyl groups excluding tert-OH is 1. The zero-order valence-electron chi connectivity index (χ0n) is 9.64. The van der Waals surface area contributed by atoms with Gasteiger partial charge in [0.25, 0.3) is 0 Å². The zero-order chi connectivity index (χ0) is 10.4. The first kappa shape index (κ1) is 10.2. The Hall–Kier alpha value is -0.300. The van der Waals surface area contributed by atoms with Crippen LogP contribution in [0.4, 0.5) is 0 Å². The van der Waals surface area contributed by atoms with Crippen molar-refractivity contribution in [2.75, 3.05) is 6.61 Å². The summed E-state index contributed by atoms with van der Waals surface area (Å²) >= 11 is 0. The molecule has 0 amide bonds. The molecule has 0 spiro atoms. The summed E-state index contributed by atoms with van der Waals surface area (Å²) in [5.41, 5.74) is 2.10. The molecule has 1 N–H and O–H groups in total. The van der Waals surface area contributed by atoms with Crippen molar-refractivity contribution in [1.29, 1.82) is 0 Å². The van der Waals surface area contributed by atoms with Crippen molar-refractivity contribution in [3.05, 3.63) is 11.6 Å². The highest BCUT2D eigenvalue weighted by Gasteiger charge is 2.48. The lowest BCUT2D eigenvalue weighted by Gasteiger charge is -2.47. The Kier molecular flexibility index (Phi) is 2.26. The van der Waals surface area contributed by atoms with E-state index in [1.165, 1.54) is 24.8 Å². The van der Waals surface area contributed by atoms with Crippen LogP contribution in [-0.4, -0.2) is 11.7 Å². The number of hydrogen-bond donors (Lipinski definition) is 1. The van der Waals surface area contributed by atoms with E-state index >= 15 is 0 Å². The van der Waals surface area contributed by atoms with Gasteiger partial charge in [0.1, 0.15) is 0 Å². The van der Waals surface area contributed by atoms with Crippen molar-refractivity contribution in [3.63, 3.8) is 0 Å². The Morgan fingerprint density at radius 2 is 2.07 bits per heavy atom. The molecule has 1 fully saturated rings. The zero-order valence-corrected chi connectivity index (χ0v) is 9.64. The SMILES string of the molecule is CC1(C)CCC[C@]2(C)C=C(CO)C[C@H]12. The molecular weight excluding hydrogens is 172 g/mol. The van der Waals surface area contributed by atoms with E-state index in [4.69, 9.17) is 0 Å². The third kappa shape index (κ3) is 1.42. The topological polar surface area (TPSA) is 20.2 Å². The van der Waals surface area contributed by atoms with Crippen LogP contribution in [0.3, 0.4) is 0 Å². The highest BCUT2D eigenvalue weighted by Crippen LogP contribution is 2.57. The number of fused-ring (bicyclic) bond motifs is 1. The Morgan fingerprint density at radius 1 is 1.36 bits per heavy atom. The fraction of sp³-hybridized carbons (Fsp3) is 0.846. The lowest BCUT2D eigenvalue weighted by molar-refractivity contribution is 0.0474. The van der Waals surface area contributed by atoms with E-state index in [9.17, 15) is 5.11 Å². The summed E-state index contributed by atoms with van der Waals surface area (Å²) in [6.45, 7) is 7.43. The molecule has 0 saturated heterocycles. The molecule has 2 atom stereocenters. The van der Waals surface area contributed by atoms with Crippen LogP contribution in [0, 0.1) is 16.7 Å².